The van der Waals surface area contributed by atoms with Crippen molar-refractivity contribution in [2.45, 2.75) is 76.4 Å². The lowest BCUT2D eigenvalue weighted by Crippen LogP contribution is -2.47. The first-order chi connectivity index (χ1) is 20.7. The van der Waals surface area contributed by atoms with Gasteiger partial charge in [0.25, 0.3) is 0 Å². The molecule has 0 aromatic carbocycles. The lowest BCUT2D eigenvalue weighted by Gasteiger charge is -2.40. The number of hydrogen-bond acceptors (Lipinski definition) is 10. The highest BCUT2D eigenvalue weighted by Crippen LogP contribution is 2.39. The fourth-order valence-corrected chi connectivity index (χ4v) is 8.72. The maximum Gasteiger partial charge on any atom is 0.226 e. The number of rotatable bonds is 8. The van der Waals surface area contributed by atoms with Gasteiger partial charge < -0.3 is 14.5 Å². The summed E-state index contributed by atoms with van der Waals surface area (Å²) in [6.07, 6.45) is 9.33. The summed E-state index contributed by atoms with van der Waals surface area (Å²) < 4.78 is 44.5. The smallest absolute Gasteiger partial charge is 0.226 e. The Morgan fingerprint density at radius 2 is 1.74 bits per heavy atom. The number of alkyl halides is 1. The summed E-state index contributed by atoms with van der Waals surface area (Å²) in [5, 5.41) is 0. The van der Waals surface area contributed by atoms with Crippen LogP contribution in [0.4, 0.5) is 10.3 Å². The zero-order chi connectivity index (χ0) is 30.1. The van der Waals surface area contributed by atoms with Crippen molar-refractivity contribution in [3.63, 3.8) is 0 Å². The van der Waals surface area contributed by atoms with E-state index in [0.717, 1.165) is 98.9 Å². The quantitative estimate of drug-likeness (QED) is 0.341. The van der Waals surface area contributed by atoms with Crippen LogP contribution in [0.5, 0.6) is 5.88 Å². The second-order valence-electron chi connectivity index (χ2n) is 12.4. The Balaban J connectivity index is 1.33. The van der Waals surface area contributed by atoms with Crippen LogP contribution in [0.15, 0.2) is 12.3 Å². The minimum absolute atomic E-state index is 0.152. The highest BCUT2D eigenvalue weighted by atomic mass is 32.2. The van der Waals surface area contributed by atoms with E-state index in [1.807, 2.05) is 6.07 Å². The van der Waals surface area contributed by atoms with Gasteiger partial charge in [-0.05, 0) is 71.0 Å². The molecule has 9 nitrogen and oxygen atoms in total. The number of thiophene rings is 1. The molecule has 3 aromatic heterocycles. The van der Waals surface area contributed by atoms with Gasteiger partial charge in [0, 0.05) is 72.8 Å². The monoisotopic (exact) mass is 630 g/mol. The largest absolute Gasteiger partial charge is 0.481 e. The number of pyridine rings is 1. The van der Waals surface area contributed by atoms with E-state index >= 15 is 0 Å². The van der Waals surface area contributed by atoms with Gasteiger partial charge in [0.2, 0.25) is 11.8 Å². The molecule has 43 heavy (non-hydrogen) atoms. The van der Waals surface area contributed by atoms with Crippen LogP contribution < -0.4 is 9.64 Å². The summed E-state index contributed by atoms with van der Waals surface area (Å²) in [4.78, 5) is 23.3. The Labute approximate surface area is 258 Å². The molecule has 6 heterocycles. The van der Waals surface area contributed by atoms with Crippen LogP contribution in [-0.2, 0) is 22.1 Å². The van der Waals surface area contributed by atoms with E-state index < -0.39 is 16.0 Å². The summed E-state index contributed by atoms with van der Waals surface area (Å²) in [6, 6.07) is 2.41. The zero-order valence-electron chi connectivity index (χ0n) is 25.5. The summed E-state index contributed by atoms with van der Waals surface area (Å²) in [5.41, 5.74) is 4.33. The van der Waals surface area contributed by atoms with Crippen LogP contribution in [-0.4, -0.2) is 98.0 Å². The number of hydrogen-bond donors (Lipinski definition) is 0. The number of sulfone groups is 1. The third kappa shape index (κ3) is 6.97. The van der Waals surface area contributed by atoms with E-state index in [0.29, 0.717) is 30.3 Å². The minimum Gasteiger partial charge on any atom is -0.481 e. The molecule has 0 amide bonds. The van der Waals surface area contributed by atoms with Gasteiger partial charge >= 0.3 is 0 Å². The van der Waals surface area contributed by atoms with Crippen LogP contribution >= 0.6 is 11.3 Å². The van der Waals surface area contributed by atoms with Gasteiger partial charge in [0.15, 0.2) is 9.84 Å². The first-order valence-electron chi connectivity index (χ1n) is 15.5. The van der Waals surface area contributed by atoms with Crippen molar-refractivity contribution in [3.8, 4) is 17.1 Å². The molecule has 0 spiro atoms. The molecule has 3 fully saturated rings. The first kappa shape index (κ1) is 30.6. The van der Waals surface area contributed by atoms with Gasteiger partial charge in [-0.1, -0.05) is 0 Å². The van der Waals surface area contributed by atoms with E-state index in [4.69, 9.17) is 14.7 Å². The lowest BCUT2D eigenvalue weighted by molar-refractivity contribution is 0.0663. The van der Waals surface area contributed by atoms with Crippen molar-refractivity contribution in [2.24, 2.45) is 0 Å². The summed E-state index contributed by atoms with van der Waals surface area (Å²) >= 11 is 1.71. The number of likely N-dealkylation sites (tertiary alicyclic amines) is 2. The zero-order valence-corrected chi connectivity index (χ0v) is 27.2. The number of halogens is 1. The number of aryl methyl sites for hydroxylation is 1. The standard InChI is InChI=1S/C31H43FN6O3S2/c1-21-26(19-36-13-9-25(10-14-36)37-15-7-24(32)8-16-37)28-29(42-21)27(34-31(35-28)38-11-5-4-6-12-38)22-17-23(20-43(3,39)40)30(41-2)33-18-22/h17-18,24-25H,4-16,19-20H2,1-3H3. The van der Waals surface area contributed by atoms with Gasteiger partial charge in [0.05, 0.1) is 28.8 Å². The molecular weight excluding hydrogens is 588 g/mol. The number of fused-ring (bicyclic) bond motifs is 1. The molecule has 0 N–H and O–H groups in total. The third-order valence-corrected chi connectivity index (χ3v) is 11.2. The fourth-order valence-electron chi connectivity index (χ4n) is 6.83. The SMILES string of the molecule is COc1ncc(-c2nc(N3CCCCC3)nc3c(CN4CCC(N5CCC(F)CC5)CC4)c(C)sc23)cc1CS(C)(=O)=O. The van der Waals surface area contributed by atoms with Crippen molar-refractivity contribution < 1.29 is 17.5 Å². The molecular formula is C31H43FN6O3S2. The number of anilines is 1. The van der Waals surface area contributed by atoms with Crippen molar-refractivity contribution in [1.29, 1.82) is 0 Å². The number of methoxy groups -OCH3 is 1. The van der Waals surface area contributed by atoms with E-state index in [2.05, 4.69) is 26.6 Å². The fraction of sp³-hybridized carbons (Fsp3) is 0.645. The molecule has 0 bridgehead atoms. The molecule has 3 aliphatic rings. The molecule has 0 unspecified atom stereocenters. The molecule has 0 saturated carbocycles. The summed E-state index contributed by atoms with van der Waals surface area (Å²) in [7, 11) is -1.78. The molecule has 0 aliphatic carbocycles. The Morgan fingerprint density at radius 1 is 1.02 bits per heavy atom. The van der Waals surface area contributed by atoms with Crippen molar-refractivity contribution in [3.05, 3.63) is 28.3 Å². The average molecular weight is 631 g/mol. The number of aromatic nitrogens is 3. The second-order valence-corrected chi connectivity index (χ2v) is 15.8. The maximum atomic E-state index is 13.7. The highest BCUT2D eigenvalue weighted by molar-refractivity contribution is 7.89. The highest BCUT2D eigenvalue weighted by Gasteiger charge is 2.29. The van der Waals surface area contributed by atoms with E-state index in [9.17, 15) is 12.8 Å². The predicted molar refractivity (Wildman–Crippen MR) is 171 cm³/mol. The van der Waals surface area contributed by atoms with Crippen LogP contribution in [0.3, 0.4) is 0 Å². The van der Waals surface area contributed by atoms with Crippen LogP contribution in [0.1, 0.15) is 60.9 Å². The third-order valence-electron chi connectivity index (χ3n) is 9.18. The van der Waals surface area contributed by atoms with E-state index in [-0.39, 0.29) is 5.75 Å². The van der Waals surface area contributed by atoms with Crippen LogP contribution in [0, 0.1) is 6.92 Å². The second kappa shape index (κ2) is 12.9. The minimum atomic E-state index is -3.29. The van der Waals surface area contributed by atoms with Crippen LogP contribution in [0.25, 0.3) is 21.5 Å². The van der Waals surface area contributed by atoms with Crippen molar-refractivity contribution in [1.82, 2.24) is 24.8 Å². The van der Waals surface area contributed by atoms with E-state index in [1.165, 1.54) is 30.2 Å². The number of ether oxygens (including phenoxy) is 1. The molecule has 0 radical (unpaired) electrons. The molecule has 6 rings (SSSR count). The van der Waals surface area contributed by atoms with E-state index in [1.54, 1.807) is 17.5 Å². The normalized spacial score (nSPS) is 20.2. The summed E-state index contributed by atoms with van der Waals surface area (Å²) in [5.74, 6) is 0.897. The first-order valence-corrected chi connectivity index (χ1v) is 18.4. The van der Waals surface area contributed by atoms with Gasteiger partial charge in [-0.15, -0.1) is 11.3 Å². The van der Waals surface area contributed by atoms with Gasteiger partial charge in [-0.25, -0.2) is 27.8 Å². The topological polar surface area (TPSA) is 91.8 Å². The Morgan fingerprint density at radius 3 is 2.42 bits per heavy atom. The maximum absolute atomic E-state index is 13.7. The predicted octanol–water partition coefficient (Wildman–Crippen LogP) is 5.00. The van der Waals surface area contributed by atoms with Gasteiger partial charge in [-0.2, -0.15) is 0 Å². The van der Waals surface area contributed by atoms with Crippen molar-refractivity contribution in [2.75, 3.05) is 57.5 Å². The lowest BCUT2D eigenvalue weighted by atomic mass is 9.99. The molecule has 234 valence electrons. The average Bonchev–Trinajstić information content (AvgIpc) is 3.31. The van der Waals surface area contributed by atoms with Crippen molar-refractivity contribution >= 4 is 37.3 Å². The number of nitrogens with zero attached hydrogens (tertiary/aromatic N) is 6. The number of piperidine rings is 3. The van der Waals surface area contributed by atoms with Gasteiger partial charge in [-0.3, -0.25) is 4.90 Å². The molecule has 12 heteroatoms. The van der Waals surface area contributed by atoms with Crippen LogP contribution in [0.2, 0.25) is 0 Å². The Hall–Kier alpha value is -2.41. The van der Waals surface area contributed by atoms with Gasteiger partial charge in [0.1, 0.15) is 6.17 Å². The molecule has 3 aromatic rings. The Bertz CT molecular complexity index is 1540. The summed E-state index contributed by atoms with van der Waals surface area (Å²) in [6.45, 7) is 8.66. The molecule has 3 aliphatic heterocycles. The molecule has 0 atom stereocenters. The molecule has 3 saturated heterocycles. The Kier molecular flexibility index (Phi) is 9.19.